The molecule has 1 rings (SSSR count). The van der Waals surface area contributed by atoms with Crippen molar-refractivity contribution < 1.29 is 9.53 Å². The molecule has 0 aromatic rings. The molecule has 0 aromatic carbocycles. The Kier molecular flexibility index (Phi) is 7.01. The van der Waals surface area contributed by atoms with Crippen molar-refractivity contribution in [3.8, 4) is 0 Å². The molecular weight excluding hydrogens is 238 g/mol. The molecule has 1 aliphatic rings. The van der Waals surface area contributed by atoms with Gasteiger partial charge in [-0.1, -0.05) is 44.4 Å². The zero-order valence-electron chi connectivity index (χ0n) is 12.2. The van der Waals surface area contributed by atoms with Gasteiger partial charge < -0.3 is 10.1 Å². The van der Waals surface area contributed by atoms with E-state index in [1.807, 2.05) is 18.2 Å². The molecule has 3 heteroatoms. The van der Waals surface area contributed by atoms with Gasteiger partial charge in [0.15, 0.2) is 0 Å². The van der Waals surface area contributed by atoms with Crippen molar-refractivity contribution in [3.63, 3.8) is 0 Å². The molecule has 3 nitrogen and oxygen atoms in total. The van der Waals surface area contributed by atoms with Gasteiger partial charge in [0.25, 0.3) is 0 Å². The van der Waals surface area contributed by atoms with E-state index in [1.165, 1.54) is 12.8 Å². The molecule has 1 unspecified atom stereocenters. The second-order valence-electron chi connectivity index (χ2n) is 4.84. The molecule has 1 atom stereocenters. The number of rotatable bonds is 5. The number of hydrogen-bond acceptors (Lipinski definition) is 2. The van der Waals surface area contributed by atoms with E-state index in [9.17, 15) is 4.79 Å². The summed E-state index contributed by atoms with van der Waals surface area (Å²) in [6.45, 7) is 4.83. The summed E-state index contributed by atoms with van der Waals surface area (Å²) in [5.74, 6) is 1.05. The quantitative estimate of drug-likeness (QED) is 0.772. The number of carbonyl (C=O) groups is 1. The van der Waals surface area contributed by atoms with Gasteiger partial charge in [0.1, 0.15) is 5.76 Å². The van der Waals surface area contributed by atoms with E-state index in [-0.39, 0.29) is 11.8 Å². The van der Waals surface area contributed by atoms with Gasteiger partial charge in [0.05, 0.1) is 7.11 Å². The van der Waals surface area contributed by atoms with Crippen LogP contribution in [0.3, 0.4) is 0 Å². The normalized spacial score (nSPS) is 27.5. The van der Waals surface area contributed by atoms with Crippen LogP contribution in [-0.2, 0) is 9.53 Å². The summed E-state index contributed by atoms with van der Waals surface area (Å²) in [7, 11) is 1.69. The van der Waals surface area contributed by atoms with Crippen molar-refractivity contribution in [2.45, 2.75) is 39.5 Å². The van der Waals surface area contributed by atoms with Crippen LogP contribution >= 0.6 is 0 Å². The second-order valence-corrected chi connectivity index (χ2v) is 4.84. The van der Waals surface area contributed by atoms with Crippen molar-refractivity contribution in [3.05, 3.63) is 35.6 Å². The number of unbranched alkanes of at least 4 members (excludes halogenated alkanes) is 2. The Balaban J connectivity index is 2.90. The van der Waals surface area contributed by atoms with Crippen LogP contribution in [0.15, 0.2) is 35.6 Å². The maximum atomic E-state index is 11.8. The van der Waals surface area contributed by atoms with Crippen LogP contribution in [0.2, 0.25) is 0 Å². The first-order valence-electron chi connectivity index (χ1n) is 7.08. The Morgan fingerprint density at radius 2 is 2.21 bits per heavy atom. The highest BCUT2D eigenvalue weighted by atomic mass is 16.5. The highest BCUT2D eigenvalue weighted by molar-refractivity contribution is 5.88. The summed E-state index contributed by atoms with van der Waals surface area (Å²) in [6.07, 6.45) is 12.0. The molecule has 0 radical (unpaired) electrons. The first kappa shape index (κ1) is 15.5. The Labute approximate surface area is 116 Å². The van der Waals surface area contributed by atoms with Crippen LogP contribution in [0.1, 0.15) is 39.5 Å². The van der Waals surface area contributed by atoms with Crippen molar-refractivity contribution >= 4 is 5.91 Å². The predicted molar refractivity (Wildman–Crippen MR) is 78.6 cm³/mol. The molecule has 1 aliphatic heterocycles. The van der Waals surface area contributed by atoms with Gasteiger partial charge in [-0.25, -0.2) is 0 Å². The first-order chi connectivity index (χ1) is 9.19. The number of methoxy groups -OCH3 is 1. The molecule has 106 valence electrons. The Morgan fingerprint density at radius 3 is 2.89 bits per heavy atom. The largest absolute Gasteiger partial charge is 0.500 e. The summed E-state index contributed by atoms with van der Waals surface area (Å²) in [4.78, 5) is 11.8. The van der Waals surface area contributed by atoms with Gasteiger partial charge in [-0.3, -0.25) is 4.79 Å². The minimum Gasteiger partial charge on any atom is -0.500 e. The summed E-state index contributed by atoms with van der Waals surface area (Å²) in [5, 5.41) is 2.85. The number of carbonyl (C=O) groups excluding carboxylic acids is 1. The fourth-order valence-electron chi connectivity index (χ4n) is 2.17. The highest BCUT2D eigenvalue weighted by Crippen LogP contribution is 2.25. The van der Waals surface area contributed by atoms with Crippen molar-refractivity contribution in [2.24, 2.45) is 5.92 Å². The standard InChI is InChI=1S/C16H25NO2/c1-4-5-6-9-14-12-16(18)17-11-8-7-10-15(19-3)13(14)2/h7-8,10,12-13H,4-6,9,11H2,1-3H3,(H,17,18)/b8-7-,14-12-,15-10+. The molecule has 1 amide bonds. The zero-order valence-corrected chi connectivity index (χ0v) is 12.2. The SMILES string of the molecule is CCCCC/C1=C/C(=O)NC/C=C\C=C(\OC)C1C. The number of allylic oxidation sites excluding steroid dienone is 3. The van der Waals surface area contributed by atoms with E-state index in [4.69, 9.17) is 4.74 Å². The lowest BCUT2D eigenvalue weighted by atomic mass is 9.92. The topological polar surface area (TPSA) is 38.3 Å². The number of amides is 1. The monoisotopic (exact) mass is 263 g/mol. The molecule has 19 heavy (non-hydrogen) atoms. The fraction of sp³-hybridized carbons (Fsp3) is 0.562. The van der Waals surface area contributed by atoms with Crippen molar-refractivity contribution in [1.82, 2.24) is 5.32 Å². The van der Waals surface area contributed by atoms with E-state index in [0.717, 1.165) is 24.2 Å². The smallest absolute Gasteiger partial charge is 0.244 e. The lowest BCUT2D eigenvalue weighted by molar-refractivity contribution is -0.116. The van der Waals surface area contributed by atoms with Crippen molar-refractivity contribution in [1.29, 1.82) is 0 Å². The second kappa shape index (κ2) is 8.57. The third-order valence-electron chi connectivity index (χ3n) is 3.39. The van der Waals surface area contributed by atoms with E-state index in [0.29, 0.717) is 6.54 Å². The molecule has 0 bridgehead atoms. The number of nitrogens with one attached hydrogen (secondary N) is 1. The van der Waals surface area contributed by atoms with Gasteiger partial charge in [-0.05, 0) is 18.9 Å². The first-order valence-corrected chi connectivity index (χ1v) is 7.08. The van der Waals surface area contributed by atoms with Crippen LogP contribution in [0.5, 0.6) is 0 Å². The van der Waals surface area contributed by atoms with E-state index < -0.39 is 0 Å². The van der Waals surface area contributed by atoms with Crippen LogP contribution in [-0.4, -0.2) is 19.6 Å². The average molecular weight is 263 g/mol. The minimum absolute atomic E-state index is 0.0136. The Morgan fingerprint density at radius 1 is 1.42 bits per heavy atom. The fourth-order valence-corrected chi connectivity index (χ4v) is 2.17. The summed E-state index contributed by atoms with van der Waals surface area (Å²) < 4.78 is 5.44. The summed E-state index contributed by atoms with van der Waals surface area (Å²) in [6, 6.07) is 0. The third kappa shape index (κ3) is 5.33. The van der Waals surface area contributed by atoms with Gasteiger partial charge in [0.2, 0.25) is 5.91 Å². The number of hydrogen-bond donors (Lipinski definition) is 1. The maximum Gasteiger partial charge on any atom is 0.244 e. The molecular formula is C16H25NO2. The van der Waals surface area contributed by atoms with E-state index in [1.54, 1.807) is 13.2 Å². The maximum absolute atomic E-state index is 11.8. The van der Waals surface area contributed by atoms with Crippen LogP contribution in [0.4, 0.5) is 0 Å². The average Bonchev–Trinajstić information content (AvgIpc) is 2.41. The van der Waals surface area contributed by atoms with E-state index >= 15 is 0 Å². The third-order valence-corrected chi connectivity index (χ3v) is 3.39. The summed E-state index contributed by atoms with van der Waals surface area (Å²) in [5.41, 5.74) is 1.15. The van der Waals surface area contributed by atoms with Gasteiger partial charge in [-0.15, -0.1) is 0 Å². The summed E-state index contributed by atoms with van der Waals surface area (Å²) >= 11 is 0. The Hall–Kier alpha value is -1.51. The highest BCUT2D eigenvalue weighted by Gasteiger charge is 2.16. The number of ether oxygens (including phenoxy) is 1. The molecule has 0 spiro atoms. The van der Waals surface area contributed by atoms with Crippen LogP contribution in [0.25, 0.3) is 0 Å². The van der Waals surface area contributed by atoms with E-state index in [2.05, 4.69) is 19.2 Å². The lowest BCUT2D eigenvalue weighted by Gasteiger charge is -2.19. The zero-order chi connectivity index (χ0) is 14.1. The van der Waals surface area contributed by atoms with Gasteiger partial charge >= 0.3 is 0 Å². The molecule has 0 aliphatic carbocycles. The van der Waals surface area contributed by atoms with Gasteiger partial charge in [0, 0.05) is 18.5 Å². The molecule has 1 N–H and O–H groups in total. The molecule has 0 aromatic heterocycles. The molecule has 0 saturated carbocycles. The lowest BCUT2D eigenvalue weighted by Crippen LogP contribution is -2.22. The molecule has 1 heterocycles. The predicted octanol–water partition coefficient (Wildman–Crippen LogP) is 3.35. The van der Waals surface area contributed by atoms with Crippen molar-refractivity contribution in [2.75, 3.05) is 13.7 Å². The Bertz CT molecular complexity index is 380. The molecule has 0 saturated heterocycles. The molecule has 0 fully saturated rings. The minimum atomic E-state index is -0.0136. The van der Waals surface area contributed by atoms with Gasteiger partial charge in [-0.2, -0.15) is 0 Å². The van der Waals surface area contributed by atoms with Crippen LogP contribution in [0, 0.1) is 5.92 Å². The van der Waals surface area contributed by atoms with Crippen LogP contribution < -0.4 is 5.32 Å².